The van der Waals surface area contributed by atoms with Crippen molar-refractivity contribution in [1.82, 2.24) is 4.90 Å². The smallest absolute Gasteiger partial charge is 0.0725 e. The van der Waals surface area contributed by atoms with Gasteiger partial charge in [-0.3, -0.25) is 4.99 Å². The second-order valence-corrected chi connectivity index (χ2v) is 6.75. The fraction of sp³-hybridized carbons (Fsp3) is 0.350. The van der Waals surface area contributed by atoms with Crippen LogP contribution < -0.4 is 0 Å². The third-order valence-corrected chi connectivity index (χ3v) is 4.53. The Hall–Kier alpha value is -1.93. The molecule has 0 unspecified atom stereocenters. The standard InChI is InChI=1S/C20H24N2/c1-20(2)17-11-7-5-9-15(17)19(21-13-14-22(3)4)16-10-6-8-12-18(16)20/h5-12H,13-14H2,1-4H3. The summed E-state index contributed by atoms with van der Waals surface area (Å²) in [7, 11) is 4.18. The lowest BCUT2D eigenvalue weighted by molar-refractivity contribution is 0.420. The summed E-state index contributed by atoms with van der Waals surface area (Å²) < 4.78 is 0. The Morgan fingerprint density at radius 1 is 0.864 bits per heavy atom. The minimum atomic E-state index is 0.0216. The van der Waals surface area contributed by atoms with Gasteiger partial charge in [-0.15, -0.1) is 0 Å². The maximum absolute atomic E-state index is 4.95. The van der Waals surface area contributed by atoms with Crippen molar-refractivity contribution in [1.29, 1.82) is 0 Å². The van der Waals surface area contributed by atoms with E-state index in [1.807, 2.05) is 0 Å². The van der Waals surface area contributed by atoms with Gasteiger partial charge in [-0.25, -0.2) is 0 Å². The number of aliphatic imine (C=N–C) groups is 1. The van der Waals surface area contributed by atoms with Crippen LogP contribution in [0.1, 0.15) is 36.1 Å². The van der Waals surface area contributed by atoms with Crippen molar-refractivity contribution in [2.24, 2.45) is 4.99 Å². The van der Waals surface area contributed by atoms with Gasteiger partial charge in [-0.2, -0.15) is 0 Å². The lowest BCUT2D eigenvalue weighted by Gasteiger charge is -2.35. The molecule has 0 N–H and O–H groups in total. The highest BCUT2D eigenvalue weighted by atomic mass is 15.1. The summed E-state index contributed by atoms with van der Waals surface area (Å²) in [5, 5.41) is 0. The molecule has 0 fully saturated rings. The third-order valence-electron chi connectivity index (χ3n) is 4.53. The van der Waals surface area contributed by atoms with E-state index in [2.05, 4.69) is 81.4 Å². The van der Waals surface area contributed by atoms with Gasteiger partial charge in [-0.1, -0.05) is 62.4 Å². The highest BCUT2D eigenvalue weighted by Gasteiger charge is 2.34. The van der Waals surface area contributed by atoms with Crippen LogP contribution in [0.15, 0.2) is 53.5 Å². The summed E-state index contributed by atoms with van der Waals surface area (Å²) in [5.41, 5.74) is 6.48. The maximum Gasteiger partial charge on any atom is 0.0725 e. The van der Waals surface area contributed by atoms with E-state index >= 15 is 0 Å². The molecule has 0 radical (unpaired) electrons. The summed E-state index contributed by atoms with van der Waals surface area (Å²) in [5.74, 6) is 0. The molecular weight excluding hydrogens is 268 g/mol. The van der Waals surface area contributed by atoms with Crippen molar-refractivity contribution in [3.05, 3.63) is 70.8 Å². The predicted octanol–water partition coefficient (Wildman–Crippen LogP) is 3.72. The molecule has 22 heavy (non-hydrogen) atoms. The van der Waals surface area contributed by atoms with Crippen molar-refractivity contribution in [2.75, 3.05) is 27.2 Å². The van der Waals surface area contributed by atoms with Crippen LogP contribution in [-0.2, 0) is 5.41 Å². The quantitative estimate of drug-likeness (QED) is 0.841. The van der Waals surface area contributed by atoms with Crippen LogP contribution in [-0.4, -0.2) is 37.8 Å². The Kier molecular flexibility index (Phi) is 3.88. The number of likely N-dealkylation sites (N-methyl/N-ethyl adjacent to an activating group) is 1. The molecule has 0 atom stereocenters. The van der Waals surface area contributed by atoms with E-state index in [0.29, 0.717) is 0 Å². The first-order valence-electron chi connectivity index (χ1n) is 7.91. The minimum Gasteiger partial charge on any atom is -0.308 e. The second kappa shape index (κ2) is 5.69. The molecule has 0 heterocycles. The third kappa shape index (κ3) is 2.48. The van der Waals surface area contributed by atoms with Gasteiger partial charge in [0, 0.05) is 23.1 Å². The molecule has 2 heteroatoms. The van der Waals surface area contributed by atoms with Crippen LogP contribution in [0.25, 0.3) is 0 Å². The van der Waals surface area contributed by atoms with Crippen molar-refractivity contribution in [3.8, 4) is 0 Å². The Balaban J connectivity index is 2.16. The first-order valence-corrected chi connectivity index (χ1v) is 7.91. The summed E-state index contributed by atoms with van der Waals surface area (Å²) in [6.45, 7) is 6.41. The fourth-order valence-corrected chi connectivity index (χ4v) is 3.29. The van der Waals surface area contributed by atoms with Crippen LogP contribution in [0.5, 0.6) is 0 Å². The van der Waals surface area contributed by atoms with Gasteiger partial charge in [0.25, 0.3) is 0 Å². The predicted molar refractivity (Wildman–Crippen MR) is 94.1 cm³/mol. The zero-order valence-corrected chi connectivity index (χ0v) is 13.9. The van der Waals surface area contributed by atoms with E-state index in [-0.39, 0.29) is 5.41 Å². The molecule has 114 valence electrons. The topological polar surface area (TPSA) is 15.6 Å². The van der Waals surface area contributed by atoms with Gasteiger partial charge in [0.2, 0.25) is 0 Å². The monoisotopic (exact) mass is 292 g/mol. The maximum atomic E-state index is 4.95. The molecule has 2 nitrogen and oxygen atoms in total. The zero-order valence-electron chi connectivity index (χ0n) is 13.9. The normalized spacial score (nSPS) is 15.4. The number of benzene rings is 2. The van der Waals surface area contributed by atoms with Crippen molar-refractivity contribution >= 4 is 5.71 Å². The Bertz CT molecular complexity index is 660. The number of hydrogen-bond donors (Lipinski definition) is 0. The van der Waals surface area contributed by atoms with E-state index in [9.17, 15) is 0 Å². The molecular formula is C20H24N2. The summed E-state index contributed by atoms with van der Waals surface area (Å²) in [4.78, 5) is 7.12. The molecule has 0 saturated heterocycles. The Morgan fingerprint density at radius 3 is 1.86 bits per heavy atom. The molecule has 1 aliphatic carbocycles. The first-order chi connectivity index (χ1) is 10.5. The molecule has 0 saturated carbocycles. The summed E-state index contributed by atoms with van der Waals surface area (Å²) in [6.07, 6.45) is 0. The van der Waals surface area contributed by atoms with Crippen molar-refractivity contribution < 1.29 is 0 Å². The van der Waals surface area contributed by atoms with Gasteiger partial charge in [0.1, 0.15) is 0 Å². The first kappa shape index (κ1) is 15.0. The second-order valence-electron chi connectivity index (χ2n) is 6.75. The van der Waals surface area contributed by atoms with Crippen molar-refractivity contribution in [3.63, 3.8) is 0 Å². The fourth-order valence-electron chi connectivity index (χ4n) is 3.29. The molecule has 1 aliphatic rings. The largest absolute Gasteiger partial charge is 0.308 e. The molecule has 3 rings (SSSR count). The molecule has 2 aromatic carbocycles. The molecule has 0 spiro atoms. The van der Waals surface area contributed by atoms with Gasteiger partial charge in [0.05, 0.1) is 12.3 Å². The van der Waals surface area contributed by atoms with Gasteiger partial charge < -0.3 is 4.90 Å². The molecule has 2 aromatic rings. The van der Waals surface area contributed by atoms with E-state index < -0.39 is 0 Å². The molecule has 0 bridgehead atoms. The Morgan fingerprint density at radius 2 is 1.36 bits per heavy atom. The highest BCUT2D eigenvalue weighted by molar-refractivity contribution is 6.16. The number of hydrogen-bond acceptors (Lipinski definition) is 2. The van der Waals surface area contributed by atoms with Gasteiger partial charge in [0.15, 0.2) is 0 Å². The van der Waals surface area contributed by atoms with E-state index in [1.165, 1.54) is 22.3 Å². The van der Waals surface area contributed by atoms with Crippen LogP contribution in [0.3, 0.4) is 0 Å². The van der Waals surface area contributed by atoms with Gasteiger partial charge >= 0.3 is 0 Å². The van der Waals surface area contributed by atoms with E-state index in [4.69, 9.17) is 4.99 Å². The molecule has 0 aliphatic heterocycles. The molecule has 0 aromatic heterocycles. The van der Waals surface area contributed by atoms with E-state index in [0.717, 1.165) is 18.8 Å². The Labute approximate surface area is 133 Å². The van der Waals surface area contributed by atoms with Crippen LogP contribution >= 0.6 is 0 Å². The average Bonchev–Trinajstić information content (AvgIpc) is 2.51. The number of nitrogens with zero attached hydrogens (tertiary/aromatic N) is 2. The summed E-state index contributed by atoms with van der Waals surface area (Å²) in [6, 6.07) is 17.4. The highest BCUT2D eigenvalue weighted by Crippen LogP contribution is 2.41. The SMILES string of the molecule is CN(C)CCN=C1c2ccccc2C(C)(C)c2ccccc21. The lowest BCUT2D eigenvalue weighted by Crippen LogP contribution is -2.31. The number of rotatable bonds is 3. The van der Waals surface area contributed by atoms with Crippen molar-refractivity contribution in [2.45, 2.75) is 19.3 Å². The lowest BCUT2D eigenvalue weighted by atomic mass is 9.68. The van der Waals surface area contributed by atoms with E-state index in [1.54, 1.807) is 0 Å². The van der Waals surface area contributed by atoms with Crippen LogP contribution in [0, 0.1) is 0 Å². The summed E-state index contributed by atoms with van der Waals surface area (Å²) >= 11 is 0. The average molecular weight is 292 g/mol. The minimum absolute atomic E-state index is 0.0216. The number of fused-ring (bicyclic) bond motifs is 2. The van der Waals surface area contributed by atoms with Gasteiger partial charge in [-0.05, 0) is 25.2 Å². The zero-order chi connectivity index (χ0) is 15.7. The van der Waals surface area contributed by atoms with Crippen LogP contribution in [0.2, 0.25) is 0 Å². The van der Waals surface area contributed by atoms with Crippen LogP contribution in [0.4, 0.5) is 0 Å². The molecule has 0 amide bonds.